The van der Waals surface area contributed by atoms with Crippen LogP contribution in [0.15, 0.2) is 24.3 Å². The molecule has 0 spiro atoms. The lowest BCUT2D eigenvalue weighted by Crippen LogP contribution is -2.12. The molecule has 0 atom stereocenters. The molecule has 0 aliphatic carbocycles. The largest absolute Gasteiger partial charge is 0.371 e. The summed E-state index contributed by atoms with van der Waals surface area (Å²) >= 11 is 0. The van der Waals surface area contributed by atoms with Crippen molar-refractivity contribution in [3.8, 4) is 6.07 Å². The van der Waals surface area contributed by atoms with E-state index in [1.807, 2.05) is 12.1 Å². The third-order valence-electron chi connectivity index (χ3n) is 6.84. The highest BCUT2D eigenvalue weighted by Crippen LogP contribution is 2.32. The van der Waals surface area contributed by atoms with Gasteiger partial charge < -0.3 is 5.32 Å². The summed E-state index contributed by atoms with van der Waals surface area (Å²) in [6.45, 7) is 7.58. The van der Waals surface area contributed by atoms with Crippen LogP contribution in [0.2, 0.25) is 0 Å². The monoisotopic (exact) mass is 446 g/mol. The SMILES string of the molecule is CCCCCCCCCCCNc1c(CCCCC)c(C)c(C#N)c2nc3ccccc3n12. The molecule has 2 heterocycles. The molecule has 4 nitrogen and oxygen atoms in total. The first-order valence-electron chi connectivity index (χ1n) is 13.3. The van der Waals surface area contributed by atoms with Gasteiger partial charge in [-0.25, -0.2) is 4.98 Å². The first kappa shape index (κ1) is 25.1. The normalized spacial score (nSPS) is 11.3. The van der Waals surface area contributed by atoms with Crippen LogP contribution in [0.1, 0.15) is 108 Å². The number of unbranched alkanes of at least 4 members (excludes halogenated alkanes) is 10. The molecule has 33 heavy (non-hydrogen) atoms. The lowest BCUT2D eigenvalue weighted by atomic mass is 9.99. The van der Waals surface area contributed by atoms with Gasteiger partial charge in [0.15, 0.2) is 5.65 Å². The van der Waals surface area contributed by atoms with Gasteiger partial charge in [-0.3, -0.25) is 4.40 Å². The molecule has 3 rings (SSSR count). The number of hydrogen-bond acceptors (Lipinski definition) is 3. The topological polar surface area (TPSA) is 53.1 Å². The van der Waals surface area contributed by atoms with Crippen molar-refractivity contribution in [2.75, 3.05) is 11.9 Å². The van der Waals surface area contributed by atoms with E-state index in [0.717, 1.165) is 47.4 Å². The number of aromatic nitrogens is 2. The maximum atomic E-state index is 9.97. The van der Waals surface area contributed by atoms with E-state index in [-0.39, 0.29) is 0 Å². The second kappa shape index (κ2) is 13.2. The highest BCUT2D eigenvalue weighted by atomic mass is 15.1. The van der Waals surface area contributed by atoms with Crippen molar-refractivity contribution < 1.29 is 0 Å². The predicted molar refractivity (Wildman–Crippen MR) is 141 cm³/mol. The molecule has 1 aromatic carbocycles. The van der Waals surface area contributed by atoms with E-state index in [9.17, 15) is 5.26 Å². The lowest BCUT2D eigenvalue weighted by Gasteiger charge is -2.19. The second-order valence-electron chi connectivity index (χ2n) is 9.41. The first-order valence-corrected chi connectivity index (χ1v) is 13.3. The third kappa shape index (κ3) is 6.28. The summed E-state index contributed by atoms with van der Waals surface area (Å²) in [4.78, 5) is 4.84. The molecule has 4 heteroatoms. The van der Waals surface area contributed by atoms with Gasteiger partial charge in [0, 0.05) is 6.54 Å². The molecular formula is C29H42N4. The smallest absolute Gasteiger partial charge is 0.157 e. The number of fused-ring (bicyclic) bond motifs is 3. The Labute approximate surface area is 200 Å². The molecule has 0 aliphatic rings. The number of anilines is 1. The Balaban J connectivity index is 1.77. The molecule has 2 aromatic heterocycles. The quantitative estimate of drug-likeness (QED) is 0.239. The van der Waals surface area contributed by atoms with Gasteiger partial charge >= 0.3 is 0 Å². The van der Waals surface area contributed by atoms with Gasteiger partial charge in [-0.15, -0.1) is 0 Å². The fourth-order valence-electron chi connectivity index (χ4n) is 4.87. The van der Waals surface area contributed by atoms with Crippen LogP contribution in [-0.4, -0.2) is 15.9 Å². The Hall–Kier alpha value is -2.54. The van der Waals surface area contributed by atoms with E-state index in [4.69, 9.17) is 4.98 Å². The van der Waals surface area contributed by atoms with Crippen molar-refractivity contribution in [1.29, 1.82) is 5.26 Å². The minimum atomic E-state index is 0.714. The van der Waals surface area contributed by atoms with E-state index in [0.29, 0.717) is 5.56 Å². The molecule has 1 N–H and O–H groups in total. The summed E-state index contributed by atoms with van der Waals surface area (Å²) in [5, 5.41) is 13.8. The number of pyridine rings is 1. The number of nitrogens with zero attached hydrogens (tertiary/aromatic N) is 3. The summed E-state index contributed by atoms with van der Waals surface area (Å²) in [5.74, 6) is 1.14. The van der Waals surface area contributed by atoms with E-state index >= 15 is 0 Å². The van der Waals surface area contributed by atoms with Crippen LogP contribution < -0.4 is 5.32 Å². The molecule has 0 bridgehead atoms. The minimum Gasteiger partial charge on any atom is -0.371 e. The Morgan fingerprint density at radius 1 is 0.879 bits per heavy atom. The van der Waals surface area contributed by atoms with Crippen molar-refractivity contribution in [1.82, 2.24) is 9.38 Å². The molecule has 3 aromatic rings. The second-order valence-corrected chi connectivity index (χ2v) is 9.41. The average molecular weight is 447 g/mol. The zero-order valence-corrected chi connectivity index (χ0v) is 21.1. The molecule has 178 valence electrons. The van der Waals surface area contributed by atoms with Crippen LogP contribution in [-0.2, 0) is 6.42 Å². The molecule has 0 saturated carbocycles. The van der Waals surface area contributed by atoms with Crippen LogP contribution in [0.4, 0.5) is 5.82 Å². The van der Waals surface area contributed by atoms with Crippen LogP contribution in [0.25, 0.3) is 16.7 Å². The number of nitrogens with one attached hydrogen (secondary N) is 1. The molecule has 0 radical (unpaired) electrons. The molecule has 0 unspecified atom stereocenters. The lowest BCUT2D eigenvalue weighted by molar-refractivity contribution is 0.569. The molecule has 0 amide bonds. The average Bonchev–Trinajstić information content (AvgIpc) is 3.21. The highest BCUT2D eigenvalue weighted by Gasteiger charge is 2.20. The van der Waals surface area contributed by atoms with E-state index in [2.05, 4.69) is 48.7 Å². The number of rotatable bonds is 15. The van der Waals surface area contributed by atoms with Crippen LogP contribution in [0, 0.1) is 18.3 Å². The molecule has 0 fully saturated rings. The van der Waals surface area contributed by atoms with Gasteiger partial charge in [-0.05, 0) is 49.4 Å². The van der Waals surface area contributed by atoms with Gasteiger partial charge in [0.05, 0.1) is 16.6 Å². The summed E-state index contributed by atoms with van der Waals surface area (Å²) in [5.41, 5.74) is 5.90. The Morgan fingerprint density at radius 3 is 2.21 bits per heavy atom. The van der Waals surface area contributed by atoms with Gasteiger partial charge in [0.25, 0.3) is 0 Å². The van der Waals surface area contributed by atoms with Gasteiger partial charge in [-0.2, -0.15) is 5.26 Å². The zero-order chi connectivity index (χ0) is 23.5. The predicted octanol–water partition coefficient (Wildman–Crippen LogP) is 8.34. The summed E-state index contributed by atoms with van der Waals surface area (Å²) in [6.07, 6.45) is 16.6. The van der Waals surface area contributed by atoms with Crippen LogP contribution in [0.3, 0.4) is 0 Å². The van der Waals surface area contributed by atoms with Crippen LogP contribution >= 0.6 is 0 Å². The van der Waals surface area contributed by atoms with E-state index in [1.165, 1.54) is 76.2 Å². The van der Waals surface area contributed by atoms with Crippen molar-refractivity contribution in [2.24, 2.45) is 0 Å². The summed E-state index contributed by atoms with van der Waals surface area (Å²) in [7, 11) is 0. The maximum Gasteiger partial charge on any atom is 0.157 e. The van der Waals surface area contributed by atoms with Crippen molar-refractivity contribution in [3.63, 3.8) is 0 Å². The maximum absolute atomic E-state index is 9.97. The third-order valence-corrected chi connectivity index (χ3v) is 6.84. The summed E-state index contributed by atoms with van der Waals surface area (Å²) < 4.78 is 2.20. The highest BCUT2D eigenvalue weighted by molar-refractivity contribution is 5.86. The van der Waals surface area contributed by atoms with E-state index in [1.54, 1.807) is 0 Å². The number of benzene rings is 1. The van der Waals surface area contributed by atoms with Gasteiger partial charge in [-0.1, -0.05) is 90.2 Å². The number of imidazole rings is 1. The zero-order valence-electron chi connectivity index (χ0n) is 21.1. The van der Waals surface area contributed by atoms with Crippen molar-refractivity contribution in [3.05, 3.63) is 41.0 Å². The first-order chi connectivity index (χ1) is 16.2. The molecular weight excluding hydrogens is 404 g/mol. The molecule has 0 aliphatic heterocycles. The van der Waals surface area contributed by atoms with E-state index < -0.39 is 0 Å². The minimum absolute atomic E-state index is 0.714. The van der Waals surface area contributed by atoms with Gasteiger partial charge in [0.2, 0.25) is 0 Å². The summed E-state index contributed by atoms with van der Waals surface area (Å²) in [6, 6.07) is 10.7. The number of nitriles is 1. The number of hydrogen-bond donors (Lipinski definition) is 1. The van der Waals surface area contributed by atoms with Crippen molar-refractivity contribution >= 4 is 22.5 Å². The number of para-hydroxylation sites is 2. The fourth-order valence-corrected chi connectivity index (χ4v) is 4.87. The van der Waals surface area contributed by atoms with Crippen LogP contribution in [0.5, 0.6) is 0 Å². The Kier molecular flexibility index (Phi) is 10.1. The van der Waals surface area contributed by atoms with Crippen molar-refractivity contribution in [2.45, 2.75) is 104 Å². The Morgan fingerprint density at radius 2 is 1.52 bits per heavy atom. The fraction of sp³-hybridized carbons (Fsp3) is 0.586. The van der Waals surface area contributed by atoms with Gasteiger partial charge in [0.1, 0.15) is 11.9 Å². The molecule has 0 saturated heterocycles. The standard InChI is InChI=1S/C29H42N4/c1-4-6-8-9-10-11-12-13-17-21-31-28-24(18-14-7-5-2)23(3)25(22-30)29-32-26-19-15-16-20-27(26)33(28)29/h15-16,19-20,31H,4-14,17-18,21H2,1-3H3. The Bertz CT molecular complexity index is 1060.